The first-order valence-electron chi connectivity index (χ1n) is 5.32. The average Bonchev–Trinajstić information content (AvgIpc) is 2.44. The Bertz CT molecular complexity index is 310. The van der Waals surface area contributed by atoms with Gasteiger partial charge in [-0.2, -0.15) is 5.48 Å². The van der Waals surface area contributed by atoms with E-state index >= 15 is 0 Å². The van der Waals surface area contributed by atoms with Crippen LogP contribution >= 0.6 is 11.3 Å². The van der Waals surface area contributed by atoms with Gasteiger partial charge in [0, 0.05) is 4.88 Å². The molecule has 1 aromatic heterocycles. The number of thiazole rings is 1. The van der Waals surface area contributed by atoms with Crippen molar-refractivity contribution in [3.8, 4) is 0 Å². The average molecular weight is 228 g/mol. The van der Waals surface area contributed by atoms with Gasteiger partial charge in [0.1, 0.15) is 0 Å². The zero-order valence-corrected chi connectivity index (χ0v) is 10.9. The van der Waals surface area contributed by atoms with Crippen molar-refractivity contribution in [1.29, 1.82) is 0 Å². The monoisotopic (exact) mass is 228 g/mol. The molecule has 86 valence electrons. The number of hydroxylamine groups is 1. The number of aromatic nitrogens is 1. The molecule has 15 heavy (non-hydrogen) atoms. The third-order valence-corrected chi connectivity index (χ3v) is 3.27. The summed E-state index contributed by atoms with van der Waals surface area (Å²) in [5.41, 5.74) is 4.16. The minimum atomic E-state index is 0.218. The zero-order chi connectivity index (χ0) is 11.4. The molecule has 0 spiro atoms. The van der Waals surface area contributed by atoms with Crippen LogP contribution in [0.3, 0.4) is 0 Å². The molecule has 1 heterocycles. The van der Waals surface area contributed by atoms with Crippen LogP contribution in [-0.4, -0.2) is 11.6 Å². The fourth-order valence-electron chi connectivity index (χ4n) is 1.34. The van der Waals surface area contributed by atoms with Crippen LogP contribution in [0.4, 0.5) is 0 Å². The maximum absolute atomic E-state index is 5.40. The minimum absolute atomic E-state index is 0.218. The number of hydrogen-bond donors (Lipinski definition) is 1. The van der Waals surface area contributed by atoms with Crippen molar-refractivity contribution < 1.29 is 4.84 Å². The van der Waals surface area contributed by atoms with Gasteiger partial charge in [-0.3, -0.25) is 0 Å². The molecule has 1 atom stereocenters. The molecular formula is C11H20N2OS. The van der Waals surface area contributed by atoms with Crippen LogP contribution in [0.1, 0.15) is 42.4 Å². The van der Waals surface area contributed by atoms with Crippen LogP contribution in [-0.2, 0) is 4.84 Å². The van der Waals surface area contributed by atoms with E-state index in [-0.39, 0.29) is 6.04 Å². The van der Waals surface area contributed by atoms with Crippen molar-refractivity contribution in [2.75, 3.05) is 6.61 Å². The Hall–Kier alpha value is -0.450. The van der Waals surface area contributed by atoms with Gasteiger partial charge in [0.05, 0.1) is 23.4 Å². The standard InChI is InChI=1S/C11H20N2OS/c1-7(2)6-14-13-9(4)11-8(3)12-10(5)15-11/h7,9,13H,6H2,1-5H3. The number of aryl methyl sites for hydroxylation is 2. The highest BCUT2D eigenvalue weighted by Gasteiger charge is 2.12. The van der Waals surface area contributed by atoms with E-state index in [2.05, 4.69) is 31.2 Å². The first kappa shape index (κ1) is 12.6. The van der Waals surface area contributed by atoms with E-state index in [9.17, 15) is 0 Å². The highest BCUT2D eigenvalue weighted by molar-refractivity contribution is 7.11. The van der Waals surface area contributed by atoms with Gasteiger partial charge < -0.3 is 4.84 Å². The summed E-state index contributed by atoms with van der Waals surface area (Å²) in [4.78, 5) is 11.1. The molecule has 0 saturated carbocycles. The summed E-state index contributed by atoms with van der Waals surface area (Å²) in [6, 6.07) is 0.218. The van der Waals surface area contributed by atoms with Crippen LogP contribution in [0, 0.1) is 19.8 Å². The van der Waals surface area contributed by atoms with Crippen LogP contribution < -0.4 is 5.48 Å². The Morgan fingerprint density at radius 2 is 2.00 bits per heavy atom. The largest absolute Gasteiger partial charge is 0.301 e. The van der Waals surface area contributed by atoms with E-state index in [0.717, 1.165) is 17.3 Å². The summed E-state index contributed by atoms with van der Waals surface area (Å²) >= 11 is 1.73. The van der Waals surface area contributed by atoms with E-state index in [1.54, 1.807) is 11.3 Å². The van der Waals surface area contributed by atoms with E-state index in [4.69, 9.17) is 4.84 Å². The molecule has 4 heteroatoms. The summed E-state index contributed by atoms with van der Waals surface area (Å²) in [6.07, 6.45) is 0. The fraction of sp³-hybridized carbons (Fsp3) is 0.727. The molecular weight excluding hydrogens is 208 g/mol. The lowest BCUT2D eigenvalue weighted by molar-refractivity contribution is 0.00463. The molecule has 1 rings (SSSR count). The third kappa shape index (κ3) is 3.89. The molecule has 1 N–H and O–H groups in total. The Morgan fingerprint density at radius 1 is 1.33 bits per heavy atom. The van der Waals surface area contributed by atoms with Crippen LogP contribution in [0.15, 0.2) is 0 Å². The van der Waals surface area contributed by atoms with Gasteiger partial charge in [-0.1, -0.05) is 13.8 Å². The molecule has 0 aliphatic carbocycles. The van der Waals surface area contributed by atoms with Gasteiger partial charge in [0.2, 0.25) is 0 Å². The van der Waals surface area contributed by atoms with E-state index < -0.39 is 0 Å². The number of rotatable bonds is 5. The van der Waals surface area contributed by atoms with E-state index in [1.807, 2.05) is 13.8 Å². The molecule has 0 bridgehead atoms. The van der Waals surface area contributed by atoms with Crippen molar-refractivity contribution in [3.63, 3.8) is 0 Å². The van der Waals surface area contributed by atoms with Gasteiger partial charge in [-0.15, -0.1) is 11.3 Å². The first-order valence-corrected chi connectivity index (χ1v) is 6.13. The lowest BCUT2D eigenvalue weighted by Gasteiger charge is -2.13. The summed E-state index contributed by atoms with van der Waals surface area (Å²) in [7, 11) is 0. The number of nitrogens with zero attached hydrogens (tertiary/aromatic N) is 1. The van der Waals surface area contributed by atoms with Crippen LogP contribution in [0.2, 0.25) is 0 Å². The normalized spacial score (nSPS) is 13.5. The first-order chi connectivity index (χ1) is 7.00. The molecule has 3 nitrogen and oxygen atoms in total. The van der Waals surface area contributed by atoms with Gasteiger partial charge in [-0.25, -0.2) is 4.98 Å². The van der Waals surface area contributed by atoms with Crippen molar-refractivity contribution in [3.05, 3.63) is 15.6 Å². The highest BCUT2D eigenvalue weighted by Crippen LogP contribution is 2.24. The second kappa shape index (κ2) is 5.58. The zero-order valence-electron chi connectivity index (χ0n) is 10.1. The van der Waals surface area contributed by atoms with Crippen molar-refractivity contribution in [2.24, 2.45) is 5.92 Å². The molecule has 0 aliphatic rings. The fourth-order valence-corrected chi connectivity index (χ4v) is 2.26. The molecule has 0 aromatic carbocycles. The lowest BCUT2D eigenvalue weighted by atomic mass is 10.2. The molecule has 1 unspecified atom stereocenters. The SMILES string of the molecule is Cc1nc(C)c(C(C)NOCC(C)C)s1. The molecule has 0 radical (unpaired) electrons. The summed E-state index contributed by atoms with van der Waals surface area (Å²) < 4.78 is 0. The predicted octanol–water partition coefficient (Wildman–Crippen LogP) is 3.00. The van der Waals surface area contributed by atoms with Gasteiger partial charge in [-0.05, 0) is 26.7 Å². The van der Waals surface area contributed by atoms with Gasteiger partial charge in [0.25, 0.3) is 0 Å². The maximum Gasteiger partial charge on any atom is 0.0900 e. The van der Waals surface area contributed by atoms with Crippen molar-refractivity contribution in [2.45, 2.75) is 40.7 Å². The van der Waals surface area contributed by atoms with E-state index in [0.29, 0.717) is 5.92 Å². The smallest absolute Gasteiger partial charge is 0.0900 e. The molecule has 0 aliphatic heterocycles. The quantitative estimate of drug-likeness (QED) is 0.787. The lowest BCUT2D eigenvalue weighted by Crippen LogP contribution is -2.21. The highest BCUT2D eigenvalue weighted by atomic mass is 32.1. The molecule has 1 aromatic rings. The summed E-state index contributed by atoms with van der Waals surface area (Å²) in [5.74, 6) is 0.550. The van der Waals surface area contributed by atoms with Crippen molar-refractivity contribution >= 4 is 11.3 Å². The summed E-state index contributed by atoms with van der Waals surface area (Å²) in [5, 5.41) is 1.11. The van der Waals surface area contributed by atoms with Crippen LogP contribution in [0.5, 0.6) is 0 Å². The Kier molecular flexibility index (Phi) is 4.70. The van der Waals surface area contributed by atoms with Gasteiger partial charge in [0.15, 0.2) is 0 Å². The molecule has 0 amide bonds. The second-order valence-electron chi connectivity index (χ2n) is 4.23. The van der Waals surface area contributed by atoms with E-state index in [1.165, 1.54) is 4.88 Å². The summed E-state index contributed by atoms with van der Waals surface area (Å²) in [6.45, 7) is 11.2. The van der Waals surface area contributed by atoms with Crippen LogP contribution in [0.25, 0.3) is 0 Å². The number of hydrogen-bond acceptors (Lipinski definition) is 4. The maximum atomic E-state index is 5.40. The second-order valence-corrected chi connectivity index (χ2v) is 5.46. The molecule has 0 fully saturated rings. The Balaban J connectivity index is 2.46. The minimum Gasteiger partial charge on any atom is -0.301 e. The Labute approximate surface area is 95.8 Å². The molecule has 0 saturated heterocycles. The number of nitrogens with one attached hydrogen (secondary N) is 1. The Morgan fingerprint density at radius 3 is 2.47 bits per heavy atom. The topological polar surface area (TPSA) is 34.2 Å². The predicted molar refractivity (Wildman–Crippen MR) is 63.9 cm³/mol. The van der Waals surface area contributed by atoms with Crippen molar-refractivity contribution in [1.82, 2.24) is 10.5 Å². The van der Waals surface area contributed by atoms with Gasteiger partial charge >= 0.3 is 0 Å². The third-order valence-electron chi connectivity index (χ3n) is 2.01.